The zero-order chi connectivity index (χ0) is 16.8. The first-order valence-electron chi connectivity index (χ1n) is 6.98. The Balaban J connectivity index is 0.00000484. The van der Waals surface area contributed by atoms with Gasteiger partial charge in [-0.3, -0.25) is 9.78 Å². The summed E-state index contributed by atoms with van der Waals surface area (Å²) >= 11 is 0. The molecule has 9 heteroatoms. The maximum absolute atomic E-state index is 11.7. The predicted molar refractivity (Wildman–Crippen MR) is 77.1 cm³/mol. The SMILES string of the molecule is CCC(CC(C)C(=O)OCCO)c1ccncc1S(=O)(=O)[O-].[Na+]. The van der Waals surface area contributed by atoms with Gasteiger partial charge in [0.25, 0.3) is 0 Å². The first-order valence-corrected chi connectivity index (χ1v) is 8.39. The van der Waals surface area contributed by atoms with Gasteiger partial charge in [-0.05, 0) is 30.4 Å². The molecule has 0 aliphatic carbocycles. The molecule has 2 unspecified atom stereocenters. The van der Waals surface area contributed by atoms with Crippen molar-refractivity contribution in [3.05, 3.63) is 24.0 Å². The van der Waals surface area contributed by atoms with E-state index in [2.05, 4.69) is 4.98 Å². The third-order valence-corrected chi connectivity index (χ3v) is 4.27. The summed E-state index contributed by atoms with van der Waals surface area (Å²) in [5.74, 6) is -1.22. The molecule has 0 aromatic carbocycles. The summed E-state index contributed by atoms with van der Waals surface area (Å²) in [6.07, 6.45) is 3.36. The van der Waals surface area contributed by atoms with Gasteiger partial charge in [0.15, 0.2) is 0 Å². The minimum Gasteiger partial charge on any atom is -0.744 e. The summed E-state index contributed by atoms with van der Waals surface area (Å²) in [5.41, 5.74) is 0.370. The van der Waals surface area contributed by atoms with Crippen LogP contribution >= 0.6 is 0 Å². The van der Waals surface area contributed by atoms with Crippen molar-refractivity contribution in [3.8, 4) is 0 Å². The molecule has 2 atom stereocenters. The second kappa shape index (κ2) is 10.4. The van der Waals surface area contributed by atoms with Crippen LogP contribution in [0.2, 0.25) is 0 Å². The predicted octanol–water partition coefficient (Wildman–Crippen LogP) is -1.95. The van der Waals surface area contributed by atoms with Crippen molar-refractivity contribution < 1.29 is 57.2 Å². The van der Waals surface area contributed by atoms with Crippen LogP contribution in [0, 0.1) is 5.92 Å². The zero-order valence-electron chi connectivity index (χ0n) is 13.6. The average Bonchev–Trinajstić information content (AvgIpc) is 2.49. The fourth-order valence-corrected chi connectivity index (χ4v) is 2.98. The summed E-state index contributed by atoms with van der Waals surface area (Å²) in [7, 11) is -4.62. The smallest absolute Gasteiger partial charge is 0.744 e. The van der Waals surface area contributed by atoms with Crippen LogP contribution in [0.3, 0.4) is 0 Å². The monoisotopic (exact) mass is 353 g/mol. The first kappa shape index (κ1) is 22.5. The summed E-state index contributed by atoms with van der Waals surface area (Å²) in [6, 6.07) is 1.49. The Labute approximate surface area is 158 Å². The Morgan fingerprint density at radius 2 is 2.13 bits per heavy atom. The number of carbonyl (C=O) groups excluding carboxylic acids is 1. The van der Waals surface area contributed by atoms with E-state index in [9.17, 15) is 17.8 Å². The van der Waals surface area contributed by atoms with E-state index in [1.807, 2.05) is 6.92 Å². The van der Waals surface area contributed by atoms with Gasteiger partial charge < -0.3 is 14.4 Å². The van der Waals surface area contributed by atoms with Gasteiger partial charge in [0.1, 0.15) is 16.7 Å². The molecule has 0 spiro atoms. The maximum Gasteiger partial charge on any atom is 1.00 e. The topological polar surface area (TPSA) is 117 Å². The average molecular weight is 353 g/mol. The fourth-order valence-electron chi connectivity index (χ4n) is 2.26. The zero-order valence-corrected chi connectivity index (χ0v) is 16.4. The molecule has 1 heterocycles. The molecule has 1 aromatic heterocycles. The molecule has 23 heavy (non-hydrogen) atoms. The standard InChI is InChI=1S/C14H21NO6S.Na/c1-3-11(8-10(2)14(17)21-7-6-16)12-4-5-15-9-13(12)22(18,19)20;/h4-5,9-11,16H,3,6-8H2,1-2H3,(H,18,19,20);/q;+1/p-1. The van der Waals surface area contributed by atoms with Crippen molar-refractivity contribution in [3.63, 3.8) is 0 Å². The van der Waals surface area contributed by atoms with E-state index >= 15 is 0 Å². The van der Waals surface area contributed by atoms with E-state index in [-0.39, 0.29) is 53.6 Å². The van der Waals surface area contributed by atoms with Crippen LogP contribution in [0.4, 0.5) is 0 Å². The molecular weight excluding hydrogens is 333 g/mol. The number of esters is 1. The second-order valence-corrected chi connectivity index (χ2v) is 6.35. The molecule has 1 N–H and O–H groups in total. The molecule has 0 saturated heterocycles. The minimum atomic E-state index is -4.62. The quantitative estimate of drug-likeness (QED) is 0.328. The Morgan fingerprint density at radius 1 is 1.48 bits per heavy atom. The molecule has 0 radical (unpaired) electrons. The molecule has 1 rings (SSSR count). The minimum absolute atomic E-state index is 0. The Kier molecular flexibility index (Phi) is 10.1. The normalized spacial score (nSPS) is 13.7. The number of hydrogen-bond donors (Lipinski definition) is 1. The summed E-state index contributed by atoms with van der Waals surface area (Å²) in [5, 5.41) is 8.64. The number of hydrogen-bond acceptors (Lipinski definition) is 7. The van der Waals surface area contributed by atoms with Crippen molar-refractivity contribution in [2.75, 3.05) is 13.2 Å². The Hall–Kier alpha value is -0.510. The summed E-state index contributed by atoms with van der Waals surface area (Å²) < 4.78 is 38.8. The number of carbonyl (C=O) groups is 1. The van der Waals surface area contributed by atoms with Crippen LogP contribution in [0.25, 0.3) is 0 Å². The van der Waals surface area contributed by atoms with Gasteiger partial charge in [-0.15, -0.1) is 0 Å². The fraction of sp³-hybridized carbons (Fsp3) is 0.571. The molecule has 0 amide bonds. The van der Waals surface area contributed by atoms with Gasteiger partial charge in [0.2, 0.25) is 0 Å². The molecule has 0 bridgehead atoms. The van der Waals surface area contributed by atoms with Crippen LogP contribution in [0.1, 0.15) is 38.2 Å². The molecule has 0 fully saturated rings. The Morgan fingerprint density at radius 3 is 2.65 bits per heavy atom. The van der Waals surface area contributed by atoms with Crippen molar-refractivity contribution in [1.29, 1.82) is 0 Å². The van der Waals surface area contributed by atoms with Crippen LogP contribution in [0.5, 0.6) is 0 Å². The van der Waals surface area contributed by atoms with E-state index in [1.54, 1.807) is 6.92 Å². The summed E-state index contributed by atoms with van der Waals surface area (Å²) in [4.78, 5) is 15.1. The van der Waals surface area contributed by atoms with Crippen LogP contribution in [0.15, 0.2) is 23.4 Å². The van der Waals surface area contributed by atoms with Gasteiger partial charge in [-0.1, -0.05) is 13.8 Å². The molecule has 7 nitrogen and oxygen atoms in total. The van der Waals surface area contributed by atoms with Gasteiger partial charge >= 0.3 is 35.5 Å². The second-order valence-electron chi connectivity index (χ2n) is 5.00. The number of nitrogens with zero attached hydrogens (tertiary/aromatic N) is 1. The number of aromatic nitrogens is 1. The van der Waals surface area contributed by atoms with Crippen LogP contribution < -0.4 is 29.6 Å². The largest absolute Gasteiger partial charge is 1.00 e. The molecule has 0 aliphatic heterocycles. The van der Waals surface area contributed by atoms with Gasteiger partial charge in [-0.2, -0.15) is 0 Å². The van der Waals surface area contributed by atoms with E-state index in [4.69, 9.17) is 9.84 Å². The van der Waals surface area contributed by atoms with E-state index < -0.39 is 22.0 Å². The number of ether oxygens (including phenoxy) is 1. The molecule has 124 valence electrons. The van der Waals surface area contributed by atoms with Crippen molar-refractivity contribution >= 4 is 16.1 Å². The summed E-state index contributed by atoms with van der Waals surface area (Å²) in [6.45, 7) is 3.18. The van der Waals surface area contributed by atoms with E-state index in [0.29, 0.717) is 18.4 Å². The van der Waals surface area contributed by atoms with Gasteiger partial charge in [0, 0.05) is 12.4 Å². The number of aliphatic hydroxyl groups is 1. The van der Waals surface area contributed by atoms with Crippen molar-refractivity contribution in [1.82, 2.24) is 4.98 Å². The van der Waals surface area contributed by atoms with Crippen LogP contribution in [-0.2, 0) is 19.6 Å². The molecule has 0 saturated carbocycles. The number of rotatable bonds is 8. The number of pyridine rings is 1. The van der Waals surface area contributed by atoms with Crippen LogP contribution in [-0.4, -0.2) is 42.2 Å². The molecule has 1 aromatic rings. The van der Waals surface area contributed by atoms with Gasteiger partial charge in [-0.25, -0.2) is 8.42 Å². The van der Waals surface area contributed by atoms with E-state index in [0.717, 1.165) is 6.20 Å². The third-order valence-electron chi connectivity index (χ3n) is 3.39. The third kappa shape index (κ3) is 6.86. The van der Waals surface area contributed by atoms with E-state index in [1.165, 1.54) is 12.3 Å². The van der Waals surface area contributed by atoms with Crippen molar-refractivity contribution in [2.24, 2.45) is 5.92 Å². The Bertz CT molecular complexity index is 607. The maximum atomic E-state index is 11.7. The number of aliphatic hydroxyl groups excluding tert-OH is 1. The molecule has 0 aliphatic rings. The van der Waals surface area contributed by atoms with Crippen molar-refractivity contribution in [2.45, 2.75) is 37.5 Å². The van der Waals surface area contributed by atoms with Gasteiger partial charge in [0.05, 0.1) is 17.4 Å². The molecular formula is C14H20NNaO6S. The first-order chi connectivity index (χ1) is 10.3.